The molecular formula is C9H5NO4. The topological polar surface area (TPSA) is 98.4 Å². The number of carboxylic acid groups (broad SMARTS) is 1. The monoisotopic (exact) mass is 191 g/mol. The predicted octanol–water partition coefficient (Wildman–Crippen LogP) is 0.775. The lowest BCUT2D eigenvalue weighted by Gasteiger charge is -2.02. The van der Waals surface area contributed by atoms with Crippen molar-refractivity contribution < 1.29 is 19.8 Å². The van der Waals surface area contributed by atoms with E-state index in [1.165, 1.54) is 6.07 Å². The molecule has 0 saturated carbocycles. The van der Waals surface area contributed by atoms with Crippen molar-refractivity contribution in [2.45, 2.75) is 0 Å². The summed E-state index contributed by atoms with van der Waals surface area (Å²) in [5.74, 6) is -2.03. The molecule has 1 aromatic rings. The Morgan fingerprint density at radius 1 is 1.50 bits per heavy atom. The number of carbonyl (C=O) groups excluding carboxylic acids is 1. The van der Waals surface area contributed by atoms with Gasteiger partial charge in [0.1, 0.15) is 22.9 Å². The summed E-state index contributed by atoms with van der Waals surface area (Å²) < 4.78 is 0. The second-order valence-corrected chi connectivity index (χ2v) is 2.46. The fraction of sp³-hybridized carbons (Fsp3) is 0. The highest BCUT2D eigenvalue weighted by Crippen LogP contribution is 2.24. The number of nitriles is 1. The molecule has 0 radical (unpaired) electrons. The summed E-state index contributed by atoms with van der Waals surface area (Å²) in [7, 11) is 0. The molecule has 0 aliphatic carbocycles. The van der Waals surface area contributed by atoms with Crippen molar-refractivity contribution in [2.24, 2.45) is 0 Å². The molecule has 0 saturated heterocycles. The van der Waals surface area contributed by atoms with Gasteiger partial charge in [-0.25, -0.2) is 4.79 Å². The maximum Gasteiger partial charge on any atom is 0.339 e. The van der Waals surface area contributed by atoms with E-state index < -0.39 is 17.3 Å². The van der Waals surface area contributed by atoms with Gasteiger partial charge in [0.15, 0.2) is 6.29 Å². The van der Waals surface area contributed by atoms with Crippen molar-refractivity contribution in [3.63, 3.8) is 0 Å². The smallest absolute Gasteiger partial charge is 0.339 e. The van der Waals surface area contributed by atoms with Gasteiger partial charge in [-0.2, -0.15) is 5.26 Å². The summed E-state index contributed by atoms with van der Waals surface area (Å²) in [6.45, 7) is 0. The van der Waals surface area contributed by atoms with Gasteiger partial charge in [0.05, 0.1) is 0 Å². The Labute approximate surface area is 78.8 Å². The number of benzene rings is 1. The highest BCUT2D eigenvalue weighted by Gasteiger charge is 2.16. The van der Waals surface area contributed by atoms with Gasteiger partial charge in [-0.15, -0.1) is 0 Å². The molecule has 2 N–H and O–H groups in total. The first-order valence-corrected chi connectivity index (χ1v) is 3.56. The lowest BCUT2D eigenvalue weighted by Crippen LogP contribution is -2.00. The molecule has 0 bridgehead atoms. The predicted molar refractivity (Wildman–Crippen MR) is 45.2 cm³/mol. The molecule has 0 aliphatic heterocycles. The molecule has 0 atom stereocenters. The van der Waals surface area contributed by atoms with Crippen LogP contribution in [0.3, 0.4) is 0 Å². The van der Waals surface area contributed by atoms with Crippen molar-refractivity contribution in [2.75, 3.05) is 0 Å². The van der Waals surface area contributed by atoms with E-state index in [1.54, 1.807) is 6.07 Å². The molecule has 0 aliphatic rings. The lowest BCUT2D eigenvalue weighted by atomic mass is 10.0. The summed E-state index contributed by atoms with van der Waals surface area (Å²) in [5, 5.41) is 26.5. The van der Waals surface area contributed by atoms with E-state index in [9.17, 15) is 14.7 Å². The standard InChI is InChI=1S/C9H5NO4/c10-3-7-5(4-11)1-2-6(8(7)12)9(13)14/h1-2,4,12H,(H,13,14). The maximum atomic E-state index is 10.5. The first-order valence-electron chi connectivity index (χ1n) is 3.56. The van der Waals surface area contributed by atoms with Crippen LogP contribution in [-0.4, -0.2) is 22.5 Å². The fourth-order valence-electron chi connectivity index (χ4n) is 0.995. The molecule has 0 amide bonds. The van der Waals surface area contributed by atoms with Crippen LogP contribution < -0.4 is 0 Å². The number of carbonyl (C=O) groups is 2. The van der Waals surface area contributed by atoms with E-state index >= 15 is 0 Å². The van der Waals surface area contributed by atoms with Crippen LogP contribution in [0.5, 0.6) is 5.75 Å². The van der Waals surface area contributed by atoms with E-state index in [2.05, 4.69) is 0 Å². The number of aldehydes is 1. The van der Waals surface area contributed by atoms with E-state index in [4.69, 9.17) is 10.4 Å². The highest BCUT2D eigenvalue weighted by atomic mass is 16.4. The number of phenols is 1. The fourth-order valence-corrected chi connectivity index (χ4v) is 0.995. The van der Waals surface area contributed by atoms with Crippen LogP contribution in [0.1, 0.15) is 26.3 Å². The van der Waals surface area contributed by atoms with Gasteiger partial charge >= 0.3 is 5.97 Å². The van der Waals surface area contributed by atoms with E-state index in [0.29, 0.717) is 6.29 Å². The molecule has 14 heavy (non-hydrogen) atoms. The number of aromatic hydroxyl groups is 1. The maximum absolute atomic E-state index is 10.5. The highest BCUT2D eigenvalue weighted by molar-refractivity contribution is 5.94. The zero-order valence-electron chi connectivity index (χ0n) is 6.89. The normalized spacial score (nSPS) is 9.07. The Balaban J connectivity index is 3.52. The zero-order chi connectivity index (χ0) is 10.7. The van der Waals surface area contributed by atoms with Gasteiger partial charge in [0.25, 0.3) is 0 Å². The van der Waals surface area contributed by atoms with E-state index in [0.717, 1.165) is 6.07 Å². The summed E-state index contributed by atoms with van der Waals surface area (Å²) in [6.07, 6.45) is 0.379. The molecule has 1 aromatic carbocycles. The van der Waals surface area contributed by atoms with Crippen LogP contribution in [-0.2, 0) is 0 Å². The van der Waals surface area contributed by atoms with Crippen molar-refractivity contribution >= 4 is 12.3 Å². The van der Waals surface area contributed by atoms with Crippen LogP contribution in [0, 0.1) is 11.3 Å². The van der Waals surface area contributed by atoms with Gasteiger partial charge in [0.2, 0.25) is 0 Å². The van der Waals surface area contributed by atoms with Crippen LogP contribution in [0.25, 0.3) is 0 Å². The summed E-state index contributed by atoms with van der Waals surface area (Å²) in [6, 6.07) is 3.81. The third-order valence-electron chi connectivity index (χ3n) is 1.68. The molecule has 70 valence electrons. The van der Waals surface area contributed by atoms with Crippen LogP contribution >= 0.6 is 0 Å². The third-order valence-corrected chi connectivity index (χ3v) is 1.68. The molecule has 0 heterocycles. The van der Waals surface area contributed by atoms with Gasteiger partial charge in [-0.3, -0.25) is 4.79 Å². The van der Waals surface area contributed by atoms with Crippen LogP contribution in [0.2, 0.25) is 0 Å². The number of carboxylic acids is 1. The van der Waals surface area contributed by atoms with Gasteiger partial charge in [-0.05, 0) is 12.1 Å². The summed E-state index contributed by atoms with van der Waals surface area (Å²) in [4.78, 5) is 20.9. The largest absolute Gasteiger partial charge is 0.506 e. The average molecular weight is 191 g/mol. The Morgan fingerprint density at radius 3 is 2.57 bits per heavy atom. The first kappa shape index (κ1) is 9.74. The zero-order valence-corrected chi connectivity index (χ0v) is 6.89. The minimum atomic E-state index is -1.35. The van der Waals surface area contributed by atoms with Crippen molar-refractivity contribution in [3.05, 3.63) is 28.8 Å². The van der Waals surface area contributed by atoms with Crippen molar-refractivity contribution in [1.29, 1.82) is 5.26 Å². The molecule has 0 fully saturated rings. The van der Waals surface area contributed by atoms with Crippen LogP contribution in [0.4, 0.5) is 0 Å². The Hall–Kier alpha value is -2.35. The minimum Gasteiger partial charge on any atom is -0.506 e. The lowest BCUT2D eigenvalue weighted by molar-refractivity contribution is 0.0693. The quantitative estimate of drug-likeness (QED) is 0.673. The Morgan fingerprint density at radius 2 is 2.14 bits per heavy atom. The molecule has 0 aromatic heterocycles. The molecule has 5 nitrogen and oxygen atoms in total. The first-order chi connectivity index (χ1) is 6.61. The minimum absolute atomic E-state index is 0.0324. The van der Waals surface area contributed by atoms with Crippen LogP contribution in [0.15, 0.2) is 12.1 Å². The Kier molecular flexibility index (Phi) is 2.49. The third kappa shape index (κ3) is 1.41. The number of aromatic carboxylic acids is 1. The van der Waals surface area contributed by atoms with Crippen molar-refractivity contribution in [1.82, 2.24) is 0 Å². The van der Waals surface area contributed by atoms with Gasteiger partial charge in [-0.1, -0.05) is 0 Å². The second kappa shape index (κ2) is 3.58. The average Bonchev–Trinajstić information content (AvgIpc) is 2.16. The molecule has 1 rings (SSSR count). The molecule has 0 spiro atoms. The second-order valence-electron chi connectivity index (χ2n) is 2.46. The number of hydrogen-bond donors (Lipinski definition) is 2. The van der Waals surface area contributed by atoms with Gasteiger partial charge in [0, 0.05) is 5.56 Å². The number of hydrogen-bond acceptors (Lipinski definition) is 4. The van der Waals surface area contributed by atoms with Crippen molar-refractivity contribution in [3.8, 4) is 11.8 Å². The van der Waals surface area contributed by atoms with E-state index in [1.807, 2.05) is 0 Å². The number of nitrogens with zero attached hydrogens (tertiary/aromatic N) is 1. The van der Waals surface area contributed by atoms with Gasteiger partial charge < -0.3 is 10.2 Å². The summed E-state index contributed by atoms with van der Waals surface area (Å²) in [5.41, 5.74) is -0.748. The molecule has 5 heteroatoms. The Bertz CT molecular complexity index is 445. The van der Waals surface area contributed by atoms with E-state index in [-0.39, 0.29) is 11.1 Å². The molecule has 0 unspecified atom stereocenters. The summed E-state index contributed by atoms with van der Waals surface area (Å²) >= 11 is 0. The molecular weight excluding hydrogens is 186 g/mol. The SMILES string of the molecule is N#Cc1c(C=O)ccc(C(=O)O)c1O. The number of rotatable bonds is 2.